The van der Waals surface area contributed by atoms with E-state index in [-0.39, 0.29) is 26.0 Å². The molecule has 17 heavy (non-hydrogen) atoms. The van der Waals surface area contributed by atoms with E-state index in [1.807, 2.05) is 0 Å². The molecule has 3 atom stereocenters. The Balaban J connectivity index is 2.44. The van der Waals surface area contributed by atoms with Crippen LogP contribution in [0.5, 0.6) is 0 Å². The zero-order chi connectivity index (χ0) is 12.9. The van der Waals surface area contributed by atoms with Gasteiger partial charge in [0.15, 0.2) is 0 Å². The van der Waals surface area contributed by atoms with Crippen LogP contribution in [0.1, 0.15) is 26.7 Å². The molecule has 1 saturated carbocycles. The van der Waals surface area contributed by atoms with Gasteiger partial charge in [-0.3, -0.25) is 4.57 Å². The minimum absolute atomic E-state index is 0.191. The molecule has 1 rings (SSSR count). The molecule has 0 aromatic heterocycles. The summed E-state index contributed by atoms with van der Waals surface area (Å²) in [5.41, 5.74) is 0. The Bertz CT molecular complexity index is 262. The van der Waals surface area contributed by atoms with E-state index in [0.717, 1.165) is 0 Å². The minimum atomic E-state index is -3.23. The van der Waals surface area contributed by atoms with Crippen molar-refractivity contribution in [2.75, 3.05) is 19.6 Å². The van der Waals surface area contributed by atoms with E-state index in [9.17, 15) is 14.8 Å². The lowest BCUT2D eigenvalue weighted by Gasteiger charge is -2.20. The van der Waals surface area contributed by atoms with Gasteiger partial charge in [0.2, 0.25) is 0 Å². The van der Waals surface area contributed by atoms with Gasteiger partial charge in [-0.25, -0.2) is 0 Å². The van der Waals surface area contributed by atoms with Gasteiger partial charge in [0, 0.05) is 12.8 Å². The molecule has 0 spiro atoms. The summed E-state index contributed by atoms with van der Waals surface area (Å²) < 4.78 is 27.5. The molecule has 102 valence electrons. The second-order valence-corrected chi connectivity index (χ2v) is 5.97. The Morgan fingerprint density at radius 2 is 1.76 bits per heavy atom. The first-order valence-electron chi connectivity index (χ1n) is 5.86. The van der Waals surface area contributed by atoms with Gasteiger partial charge in [0.25, 0.3) is 0 Å². The monoisotopic (exact) mass is 268 g/mol. The van der Waals surface area contributed by atoms with Crippen molar-refractivity contribution in [3.8, 4) is 0 Å². The fraction of sp³-hybridized carbons (Fsp3) is 1.00. The average Bonchev–Trinajstić information content (AvgIpc) is 2.55. The van der Waals surface area contributed by atoms with Gasteiger partial charge < -0.3 is 24.0 Å². The summed E-state index contributed by atoms with van der Waals surface area (Å²) >= 11 is 0. The van der Waals surface area contributed by atoms with Gasteiger partial charge in [-0.1, -0.05) is 0 Å². The summed E-state index contributed by atoms with van der Waals surface area (Å²) in [7, 11) is -3.23. The van der Waals surface area contributed by atoms with Crippen LogP contribution in [0, 0.1) is 0 Å². The van der Waals surface area contributed by atoms with Gasteiger partial charge in [-0.15, -0.1) is 0 Å². The van der Waals surface area contributed by atoms with Gasteiger partial charge in [0.1, 0.15) is 6.35 Å². The highest BCUT2D eigenvalue weighted by Crippen LogP contribution is 2.48. The third-order valence-electron chi connectivity index (χ3n) is 2.55. The van der Waals surface area contributed by atoms with Crippen molar-refractivity contribution in [3.05, 3.63) is 0 Å². The van der Waals surface area contributed by atoms with Crippen LogP contribution in [-0.4, -0.2) is 48.1 Å². The van der Waals surface area contributed by atoms with Crippen LogP contribution in [0.4, 0.5) is 0 Å². The summed E-state index contributed by atoms with van der Waals surface area (Å²) in [6.45, 7) is 3.99. The lowest BCUT2D eigenvalue weighted by atomic mass is 10.3. The summed E-state index contributed by atoms with van der Waals surface area (Å²) in [5, 5.41) is 18.9. The van der Waals surface area contributed by atoms with Gasteiger partial charge in [-0.2, -0.15) is 0 Å². The van der Waals surface area contributed by atoms with Gasteiger partial charge in [0.05, 0.1) is 31.5 Å². The number of hydrogen-bond donors (Lipinski definition) is 2. The van der Waals surface area contributed by atoms with E-state index in [0.29, 0.717) is 6.42 Å². The SMILES string of the molecule is CCOP(=O)(CO[C@@H]1C[C@@H](O)C[C@H]1O)OCC. The second kappa shape index (κ2) is 6.83. The summed E-state index contributed by atoms with van der Waals surface area (Å²) in [6.07, 6.45) is -1.34. The Morgan fingerprint density at radius 1 is 1.18 bits per heavy atom. The van der Waals surface area contributed by atoms with Crippen molar-refractivity contribution < 1.29 is 28.6 Å². The fourth-order valence-corrected chi connectivity index (χ4v) is 3.21. The molecule has 0 amide bonds. The first kappa shape index (κ1) is 15.1. The van der Waals surface area contributed by atoms with E-state index in [2.05, 4.69) is 0 Å². The van der Waals surface area contributed by atoms with Crippen LogP contribution in [0.3, 0.4) is 0 Å². The summed E-state index contributed by atoms with van der Waals surface area (Å²) in [5.74, 6) is 0. The first-order valence-corrected chi connectivity index (χ1v) is 7.59. The number of aliphatic hydroxyl groups is 2. The van der Waals surface area contributed by atoms with Gasteiger partial charge >= 0.3 is 7.60 Å². The minimum Gasteiger partial charge on any atom is -0.393 e. The van der Waals surface area contributed by atoms with Crippen molar-refractivity contribution in [1.82, 2.24) is 0 Å². The maximum atomic E-state index is 12.0. The lowest BCUT2D eigenvalue weighted by Crippen LogP contribution is -2.23. The van der Waals surface area contributed by atoms with Crippen molar-refractivity contribution in [1.29, 1.82) is 0 Å². The zero-order valence-electron chi connectivity index (χ0n) is 10.2. The number of hydrogen-bond acceptors (Lipinski definition) is 6. The Kier molecular flexibility index (Phi) is 6.06. The van der Waals surface area contributed by atoms with Crippen LogP contribution in [-0.2, 0) is 18.3 Å². The molecule has 1 aliphatic rings. The van der Waals surface area contributed by atoms with Crippen LogP contribution < -0.4 is 0 Å². The van der Waals surface area contributed by atoms with E-state index in [1.54, 1.807) is 13.8 Å². The Hall–Kier alpha value is 0.0300. The largest absolute Gasteiger partial charge is 0.393 e. The normalized spacial score (nSPS) is 29.8. The third kappa shape index (κ3) is 4.66. The third-order valence-corrected chi connectivity index (χ3v) is 4.31. The maximum Gasteiger partial charge on any atom is 0.356 e. The fourth-order valence-electron chi connectivity index (χ4n) is 1.82. The molecule has 0 unspecified atom stereocenters. The number of rotatable bonds is 7. The second-order valence-electron chi connectivity index (χ2n) is 3.97. The molecule has 0 aromatic rings. The maximum absolute atomic E-state index is 12.0. The molecule has 1 fully saturated rings. The van der Waals surface area contributed by atoms with Crippen molar-refractivity contribution in [2.24, 2.45) is 0 Å². The van der Waals surface area contributed by atoms with Crippen LogP contribution >= 0.6 is 7.60 Å². The predicted molar refractivity (Wildman–Crippen MR) is 61.8 cm³/mol. The number of aliphatic hydroxyl groups excluding tert-OH is 2. The lowest BCUT2D eigenvalue weighted by molar-refractivity contribution is -0.00744. The average molecular weight is 268 g/mol. The molecule has 0 heterocycles. The molecule has 0 bridgehead atoms. The Morgan fingerprint density at radius 3 is 2.18 bits per heavy atom. The van der Waals surface area contributed by atoms with Crippen LogP contribution in [0.15, 0.2) is 0 Å². The van der Waals surface area contributed by atoms with Crippen molar-refractivity contribution in [3.63, 3.8) is 0 Å². The topological polar surface area (TPSA) is 85.2 Å². The summed E-state index contributed by atoms with van der Waals surface area (Å²) in [6, 6.07) is 0. The van der Waals surface area contributed by atoms with E-state index in [1.165, 1.54) is 0 Å². The van der Waals surface area contributed by atoms with Gasteiger partial charge in [-0.05, 0) is 13.8 Å². The molecule has 0 radical (unpaired) electrons. The predicted octanol–water partition coefficient (Wildman–Crippen LogP) is 1.11. The Labute approximate surface area is 101 Å². The smallest absolute Gasteiger partial charge is 0.356 e. The van der Waals surface area contributed by atoms with E-state index in [4.69, 9.17) is 13.8 Å². The molecule has 6 nitrogen and oxygen atoms in total. The quantitative estimate of drug-likeness (QED) is 0.673. The van der Waals surface area contributed by atoms with Crippen molar-refractivity contribution >= 4 is 7.60 Å². The molecular formula is C10H21O6P. The highest BCUT2D eigenvalue weighted by Gasteiger charge is 2.35. The molecule has 2 N–H and O–H groups in total. The molecule has 0 aromatic carbocycles. The van der Waals surface area contributed by atoms with Crippen LogP contribution in [0.25, 0.3) is 0 Å². The molecular weight excluding hydrogens is 247 g/mol. The van der Waals surface area contributed by atoms with E-state index >= 15 is 0 Å². The molecule has 1 aliphatic carbocycles. The summed E-state index contributed by atoms with van der Waals surface area (Å²) in [4.78, 5) is 0. The van der Waals surface area contributed by atoms with Crippen molar-refractivity contribution in [2.45, 2.75) is 45.0 Å². The highest BCUT2D eigenvalue weighted by atomic mass is 31.2. The number of ether oxygens (including phenoxy) is 1. The molecule has 0 saturated heterocycles. The molecule has 7 heteroatoms. The standard InChI is InChI=1S/C10H21O6P/c1-3-15-17(13,16-4-2)7-14-10-6-8(11)5-9(10)12/h8-12H,3-7H2,1-2H3/t8-,9+,10+/m0/s1. The first-order chi connectivity index (χ1) is 8.00. The highest BCUT2D eigenvalue weighted by molar-refractivity contribution is 7.53. The zero-order valence-corrected chi connectivity index (χ0v) is 11.1. The van der Waals surface area contributed by atoms with E-state index < -0.39 is 25.9 Å². The molecule has 0 aliphatic heterocycles. The van der Waals surface area contributed by atoms with Crippen LogP contribution in [0.2, 0.25) is 0 Å².